The third-order valence-electron chi connectivity index (χ3n) is 2.90. The summed E-state index contributed by atoms with van der Waals surface area (Å²) < 4.78 is 45.7. The van der Waals surface area contributed by atoms with Crippen LogP contribution in [0.3, 0.4) is 0 Å². The van der Waals surface area contributed by atoms with E-state index in [1.807, 2.05) is 0 Å². The number of ether oxygens (including phenoxy) is 1. The van der Waals surface area contributed by atoms with E-state index in [1.54, 1.807) is 13.8 Å². The Morgan fingerprint density at radius 2 is 1.81 bits per heavy atom. The average Bonchev–Trinajstić information content (AvgIpc) is 2.31. The van der Waals surface area contributed by atoms with Gasteiger partial charge in [0.15, 0.2) is 0 Å². The molecule has 0 amide bonds. The lowest BCUT2D eigenvalue weighted by molar-refractivity contribution is 0.108. The van der Waals surface area contributed by atoms with Gasteiger partial charge in [-0.25, -0.2) is 17.5 Å². The first-order chi connectivity index (χ1) is 9.74. The Hall–Kier alpha value is -0.980. The van der Waals surface area contributed by atoms with E-state index in [4.69, 9.17) is 4.74 Å². The number of benzene rings is 1. The van der Waals surface area contributed by atoms with E-state index in [2.05, 4.69) is 18.6 Å². The molecule has 0 aliphatic heterocycles. The maximum absolute atomic E-state index is 13.2. The molecule has 0 saturated heterocycles. The van der Waals surface area contributed by atoms with E-state index in [9.17, 15) is 12.8 Å². The second-order valence-electron chi connectivity index (χ2n) is 5.59. The monoisotopic (exact) mass is 317 g/mol. The number of hydrogen-bond donors (Lipinski definition) is 1. The molecule has 1 N–H and O–H groups in total. The second-order valence-corrected chi connectivity index (χ2v) is 7.29. The topological polar surface area (TPSA) is 55.4 Å². The van der Waals surface area contributed by atoms with Gasteiger partial charge < -0.3 is 4.74 Å². The number of halogens is 1. The average molecular weight is 317 g/mol. The first kappa shape index (κ1) is 18.1. The van der Waals surface area contributed by atoms with E-state index in [0.29, 0.717) is 43.2 Å². The van der Waals surface area contributed by atoms with Gasteiger partial charge in [0.25, 0.3) is 0 Å². The van der Waals surface area contributed by atoms with Crippen LogP contribution in [0.5, 0.6) is 0 Å². The SMILES string of the molecule is Cc1cc(F)cc(C)c1S(=O)(=O)NCCCOCC(C)C. The van der Waals surface area contributed by atoms with Crippen LogP contribution in [0.2, 0.25) is 0 Å². The van der Waals surface area contributed by atoms with Crippen molar-refractivity contribution in [2.24, 2.45) is 5.92 Å². The van der Waals surface area contributed by atoms with Crippen LogP contribution < -0.4 is 4.72 Å². The standard InChI is InChI=1S/C15H24FNO3S/c1-11(2)10-20-7-5-6-17-21(18,19)15-12(3)8-14(16)9-13(15)4/h8-9,11,17H,5-7,10H2,1-4H3. The van der Waals surface area contributed by atoms with Crippen molar-refractivity contribution in [2.75, 3.05) is 19.8 Å². The van der Waals surface area contributed by atoms with Crippen LogP contribution in [0.25, 0.3) is 0 Å². The van der Waals surface area contributed by atoms with E-state index in [-0.39, 0.29) is 4.90 Å². The third kappa shape index (κ3) is 5.73. The molecule has 6 heteroatoms. The predicted molar refractivity (Wildman–Crippen MR) is 81.3 cm³/mol. The van der Waals surface area contributed by atoms with Crippen molar-refractivity contribution in [3.8, 4) is 0 Å². The van der Waals surface area contributed by atoms with E-state index in [1.165, 1.54) is 12.1 Å². The minimum Gasteiger partial charge on any atom is -0.381 e. The summed E-state index contributed by atoms with van der Waals surface area (Å²) in [6.45, 7) is 8.79. The molecule has 0 radical (unpaired) electrons. The van der Waals surface area contributed by atoms with Crippen molar-refractivity contribution in [1.82, 2.24) is 4.72 Å². The van der Waals surface area contributed by atoms with Gasteiger partial charge in [-0.2, -0.15) is 0 Å². The third-order valence-corrected chi connectivity index (χ3v) is 4.67. The minimum absolute atomic E-state index is 0.159. The number of sulfonamides is 1. The zero-order valence-corrected chi connectivity index (χ0v) is 13.9. The van der Waals surface area contributed by atoms with Gasteiger partial charge in [0.05, 0.1) is 4.90 Å². The molecule has 0 fully saturated rings. The van der Waals surface area contributed by atoms with E-state index < -0.39 is 15.8 Å². The zero-order chi connectivity index (χ0) is 16.0. The van der Waals surface area contributed by atoms with Gasteiger partial charge in [-0.1, -0.05) is 13.8 Å². The van der Waals surface area contributed by atoms with Crippen molar-refractivity contribution < 1.29 is 17.5 Å². The van der Waals surface area contributed by atoms with Crippen LogP contribution in [0, 0.1) is 25.6 Å². The quantitative estimate of drug-likeness (QED) is 0.750. The van der Waals surface area contributed by atoms with Crippen LogP contribution in [-0.4, -0.2) is 28.2 Å². The Bertz CT molecular complexity index is 547. The van der Waals surface area contributed by atoms with E-state index >= 15 is 0 Å². The molecule has 1 aromatic rings. The summed E-state index contributed by atoms with van der Waals surface area (Å²) >= 11 is 0. The molecular formula is C15H24FNO3S. The van der Waals surface area contributed by atoms with Gasteiger partial charge in [-0.05, 0) is 49.4 Å². The largest absolute Gasteiger partial charge is 0.381 e. The van der Waals surface area contributed by atoms with Crippen LogP contribution in [0.15, 0.2) is 17.0 Å². The summed E-state index contributed by atoms with van der Waals surface area (Å²) in [7, 11) is -3.61. The minimum atomic E-state index is -3.61. The van der Waals surface area contributed by atoms with Crippen molar-refractivity contribution in [2.45, 2.75) is 39.0 Å². The summed E-state index contributed by atoms with van der Waals surface area (Å²) in [6.07, 6.45) is 0.602. The fourth-order valence-corrected chi connectivity index (χ4v) is 3.62. The maximum atomic E-state index is 13.2. The van der Waals surface area contributed by atoms with Gasteiger partial charge in [-0.15, -0.1) is 0 Å². The Morgan fingerprint density at radius 3 is 2.33 bits per heavy atom. The summed E-state index contributed by atoms with van der Waals surface area (Å²) in [6, 6.07) is 2.46. The molecule has 0 aromatic heterocycles. The van der Waals surface area contributed by atoms with Crippen molar-refractivity contribution in [3.05, 3.63) is 29.1 Å². The smallest absolute Gasteiger partial charge is 0.241 e. The van der Waals surface area contributed by atoms with Crippen molar-refractivity contribution in [1.29, 1.82) is 0 Å². The molecule has 0 spiro atoms. The second kappa shape index (κ2) is 7.87. The zero-order valence-electron chi connectivity index (χ0n) is 13.1. The molecule has 0 unspecified atom stereocenters. The van der Waals surface area contributed by atoms with Crippen LogP contribution in [0.1, 0.15) is 31.4 Å². The highest BCUT2D eigenvalue weighted by Gasteiger charge is 2.19. The molecule has 0 atom stereocenters. The fraction of sp³-hybridized carbons (Fsp3) is 0.600. The molecule has 21 heavy (non-hydrogen) atoms. The Morgan fingerprint density at radius 1 is 1.24 bits per heavy atom. The lowest BCUT2D eigenvalue weighted by atomic mass is 10.1. The normalized spacial score (nSPS) is 12.1. The van der Waals surface area contributed by atoms with Gasteiger partial charge in [-0.3, -0.25) is 0 Å². The highest BCUT2D eigenvalue weighted by atomic mass is 32.2. The molecule has 0 saturated carbocycles. The molecule has 4 nitrogen and oxygen atoms in total. The maximum Gasteiger partial charge on any atom is 0.241 e. The first-order valence-corrected chi connectivity index (χ1v) is 8.56. The van der Waals surface area contributed by atoms with E-state index in [0.717, 1.165) is 0 Å². The molecule has 1 aromatic carbocycles. The van der Waals surface area contributed by atoms with Crippen LogP contribution in [0.4, 0.5) is 4.39 Å². The Balaban J connectivity index is 2.59. The number of nitrogens with one attached hydrogen (secondary N) is 1. The number of rotatable bonds is 8. The van der Waals surface area contributed by atoms with Gasteiger partial charge in [0.1, 0.15) is 5.82 Å². The summed E-state index contributed by atoms with van der Waals surface area (Å²) in [4.78, 5) is 0.159. The highest BCUT2D eigenvalue weighted by molar-refractivity contribution is 7.89. The number of hydrogen-bond acceptors (Lipinski definition) is 3. The molecule has 120 valence electrons. The van der Waals surface area contributed by atoms with Crippen molar-refractivity contribution in [3.63, 3.8) is 0 Å². The van der Waals surface area contributed by atoms with Gasteiger partial charge >= 0.3 is 0 Å². The predicted octanol–water partition coefficient (Wildman–Crippen LogP) is 2.78. The molecule has 1 rings (SSSR count). The highest BCUT2D eigenvalue weighted by Crippen LogP contribution is 2.21. The van der Waals surface area contributed by atoms with Crippen molar-refractivity contribution >= 4 is 10.0 Å². The lowest BCUT2D eigenvalue weighted by Crippen LogP contribution is -2.27. The van der Waals surface area contributed by atoms with Crippen LogP contribution in [-0.2, 0) is 14.8 Å². The summed E-state index contributed by atoms with van der Waals surface area (Å²) in [5.41, 5.74) is 0.826. The Kier molecular flexibility index (Phi) is 6.77. The lowest BCUT2D eigenvalue weighted by Gasteiger charge is -2.12. The molecule has 0 aliphatic rings. The fourth-order valence-electron chi connectivity index (χ4n) is 2.09. The summed E-state index contributed by atoms with van der Waals surface area (Å²) in [5, 5.41) is 0. The van der Waals surface area contributed by atoms with Gasteiger partial charge in [0.2, 0.25) is 10.0 Å². The first-order valence-electron chi connectivity index (χ1n) is 7.08. The number of aryl methyl sites for hydroxylation is 2. The molecular weight excluding hydrogens is 293 g/mol. The summed E-state index contributed by atoms with van der Waals surface area (Å²) in [5.74, 6) is 0.0391. The molecule has 0 aliphatic carbocycles. The Labute approximate surface area is 126 Å². The van der Waals surface area contributed by atoms with Crippen LogP contribution >= 0.6 is 0 Å². The molecule has 0 heterocycles. The van der Waals surface area contributed by atoms with Gasteiger partial charge in [0, 0.05) is 19.8 Å². The molecule has 0 bridgehead atoms.